The van der Waals surface area contributed by atoms with E-state index in [0.29, 0.717) is 26.2 Å². The minimum atomic E-state index is -0.509. The van der Waals surface area contributed by atoms with Crippen LogP contribution < -0.4 is 0 Å². The number of piperazine rings is 1. The molecule has 2 saturated heterocycles. The highest BCUT2D eigenvalue weighted by Gasteiger charge is 2.39. The Kier molecular flexibility index (Phi) is 5.26. The van der Waals surface area contributed by atoms with E-state index in [9.17, 15) is 9.18 Å². The molecule has 2 aliphatic heterocycles. The SMILES string of the molecule is [C-]#[N+]c1c(F)ccc([C@H]2CN3CCN(C(=O)OC(C)(C)C)C[C@H]3CO2)c1C1CC1. The summed E-state index contributed by atoms with van der Waals surface area (Å²) in [6, 6.07) is 3.31. The van der Waals surface area contributed by atoms with Crippen molar-refractivity contribution >= 4 is 11.8 Å². The number of morpholine rings is 1. The molecule has 0 unspecified atom stereocenters. The third-order valence-corrected chi connectivity index (χ3v) is 5.79. The Bertz CT molecular complexity index is 841. The Hall–Kier alpha value is -2.17. The van der Waals surface area contributed by atoms with Gasteiger partial charge in [0, 0.05) is 26.2 Å². The summed E-state index contributed by atoms with van der Waals surface area (Å²) in [5, 5.41) is 0. The average molecular weight is 401 g/mol. The Morgan fingerprint density at radius 3 is 2.69 bits per heavy atom. The molecule has 156 valence electrons. The molecule has 0 radical (unpaired) electrons. The van der Waals surface area contributed by atoms with Gasteiger partial charge in [-0.05, 0) is 56.7 Å². The van der Waals surface area contributed by atoms with Gasteiger partial charge in [-0.3, -0.25) is 4.90 Å². The van der Waals surface area contributed by atoms with Crippen LogP contribution in [0.5, 0.6) is 0 Å². The number of amides is 1. The highest BCUT2D eigenvalue weighted by Crippen LogP contribution is 2.49. The second-order valence-corrected chi connectivity index (χ2v) is 9.18. The average Bonchev–Trinajstić information content (AvgIpc) is 3.50. The van der Waals surface area contributed by atoms with Crippen molar-refractivity contribution in [3.05, 3.63) is 40.5 Å². The van der Waals surface area contributed by atoms with Crippen molar-refractivity contribution < 1.29 is 18.7 Å². The predicted molar refractivity (Wildman–Crippen MR) is 106 cm³/mol. The van der Waals surface area contributed by atoms with Gasteiger partial charge in [0.1, 0.15) is 11.4 Å². The van der Waals surface area contributed by atoms with Gasteiger partial charge in [-0.1, -0.05) is 6.07 Å². The largest absolute Gasteiger partial charge is 0.444 e. The van der Waals surface area contributed by atoms with E-state index in [0.717, 1.165) is 30.5 Å². The summed E-state index contributed by atoms with van der Waals surface area (Å²) in [6.45, 7) is 16.1. The lowest BCUT2D eigenvalue weighted by atomic mass is 9.94. The van der Waals surface area contributed by atoms with Crippen LogP contribution in [0.1, 0.15) is 56.8 Å². The Balaban J connectivity index is 1.46. The van der Waals surface area contributed by atoms with E-state index in [1.165, 1.54) is 6.07 Å². The molecule has 29 heavy (non-hydrogen) atoms. The molecule has 0 spiro atoms. The first-order valence-corrected chi connectivity index (χ1v) is 10.3. The number of hydrogen-bond acceptors (Lipinski definition) is 4. The van der Waals surface area contributed by atoms with E-state index < -0.39 is 11.4 Å². The van der Waals surface area contributed by atoms with E-state index in [2.05, 4.69) is 9.74 Å². The highest BCUT2D eigenvalue weighted by molar-refractivity contribution is 5.68. The number of carbonyl (C=O) groups excluding carboxylic acids is 1. The van der Waals surface area contributed by atoms with Crippen LogP contribution >= 0.6 is 0 Å². The lowest BCUT2D eigenvalue weighted by Crippen LogP contribution is -2.60. The molecule has 0 bridgehead atoms. The summed E-state index contributed by atoms with van der Waals surface area (Å²) in [5.41, 5.74) is 1.44. The van der Waals surface area contributed by atoms with Crippen LogP contribution in [-0.2, 0) is 9.47 Å². The van der Waals surface area contributed by atoms with Gasteiger partial charge in [0.2, 0.25) is 5.69 Å². The number of ether oxygens (including phenoxy) is 2. The minimum absolute atomic E-state index is 0.123. The molecule has 0 N–H and O–H groups in total. The minimum Gasteiger partial charge on any atom is -0.444 e. The van der Waals surface area contributed by atoms with E-state index in [1.807, 2.05) is 20.8 Å². The lowest BCUT2D eigenvalue weighted by Gasteiger charge is -2.46. The molecule has 7 heteroatoms. The predicted octanol–water partition coefficient (Wildman–Crippen LogP) is 4.25. The van der Waals surface area contributed by atoms with E-state index >= 15 is 0 Å². The maximum atomic E-state index is 14.2. The van der Waals surface area contributed by atoms with Crippen LogP contribution in [0.25, 0.3) is 4.85 Å². The molecule has 1 saturated carbocycles. The maximum Gasteiger partial charge on any atom is 0.410 e. The second kappa shape index (κ2) is 7.58. The normalized spacial score (nSPS) is 25.3. The van der Waals surface area contributed by atoms with Crippen molar-refractivity contribution in [2.45, 2.75) is 57.3 Å². The fraction of sp³-hybridized carbons (Fsp3) is 0.636. The first-order valence-electron chi connectivity index (χ1n) is 10.3. The van der Waals surface area contributed by atoms with E-state index in [4.69, 9.17) is 16.0 Å². The summed E-state index contributed by atoms with van der Waals surface area (Å²) in [7, 11) is 0. The van der Waals surface area contributed by atoms with Crippen molar-refractivity contribution in [2.24, 2.45) is 0 Å². The van der Waals surface area contributed by atoms with Crippen LogP contribution in [0.4, 0.5) is 14.9 Å². The third kappa shape index (κ3) is 4.24. The van der Waals surface area contributed by atoms with Gasteiger partial charge in [0.25, 0.3) is 0 Å². The molecule has 2 heterocycles. The zero-order valence-electron chi connectivity index (χ0n) is 17.3. The van der Waals surface area contributed by atoms with Crippen molar-refractivity contribution in [1.82, 2.24) is 9.80 Å². The third-order valence-electron chi connectivity index (χ3n) is 5.79. The molecule has 2 atom stereocenters. The van der Waals surface area contributed by atoms with Gasteiger partial charge >= 0.3 is 6.09 Å². The number of nitrogens with zero attached hydrogens (tertiary/aromatic N) is 3. The summed E-state index contributed by atoms with van der Waals surface area (Å²) < 4.78 is 25.8. The Morgan fingerprint density at radius 2 is 2.03 bits per heavy atom. The molecule has 0 aromatic heterocycles. The number of fused-ring (bicyclic) bond motifs is 1. The number of rotatable bonds is 2. The topological polar surface area (TPSA) is 46.4 Å². The van der Waals surface area contributed by atoms with E-state index in [1.54, 1.807) is 11.0 Å². The quantitative estimate of drug-likeness (QED) is 0.695. The Morgan fingerprint density at radius 1 is 1.28 bits per heavy atom. The van der Waals surface area contributed by atoms with Crippen LogP contribution in [0, 0.1) is 12.4 Å². The van der Waals surface area contributed by atoms with Gasteiger partial charge in [0.05, 0.1) is 25.3 Å². The van der Waals surface area contributed by atoms with Crippen LogP contribution in [0.3, 0.4) is 0 Å². The molecule has 1 aromatic carbocycles. The highest BCUT2D eigenvalue weighted by atomic mass is 19.1. The molecular formula is C22H28FN3O3. The smallest absolute Gasteiger partial charge is 0.410 e. The lowest BCUT2D eigenvalue weighted by molar-refractivity contribution is -0.0908. The molecule has 1 amide bonds. The van der Waals surface area contributed by atoms with Crippen molar-refractivity contribution in [3.8, 4) is 0 Å². The molecule has 1 aromatic rings. The zero-order chi connectivity index (χ0) is 20.8. The number of halogens is 1. The van der Waals surface area contributed by atoms with Crippen molar-refractivity contribution in [2.75, 3.05) is 32.8 Å². The van der Waals surface area contributed by atoms with Crippen LogP contribution in [0.2, 0.25) is 0 Å². The number of carbonyl (C=O) groups is 1. The van der Waals surface area contributed by atoms with Gasteiger partial charge < -0.3 is 14.4 Å². The first kappa shape index (κ1) is 20.1. The first-order chi connectivity index (χ1) is 13.8. The number of benzene rings is 1. The zero-order valence-corrected chi connectivity index (χ0v) is 17.3. The molecular weight excluding hydrogens is 373 g/mol. The standard InChI is InChI=1S/C22H28FN3O3/c1-22(2,3)29-21(27)26-10-9-25-12-18(28-13-15(25)11-26)16-7-8-17(23)20(24-4)19(16)14-5-6-14/h7-8,14-15,18H,5-6,9-13H2,1-3H3/t15-,18+/m0/s1. The van der Waals surface area contributed by atoms with Crippen molar-refractivity contribution in [3.63, 3.8) is 0 Å². The van der Waals surface area contributed by atoms with E-state index in [-0.39, 0.29) is 29.8 Å². The molecule has 4 rings (SSSR count). The van der Waals surface area contributed by atoms with Gasteiger partial charge in [-0.2, -0.15) is 0 Å². The number of hydrogen-bond donors (Lipinski definition) is 0. The molecule has 3 fully saturated rings. The van der Waals surface area contributed by atoms with Gasteiger partial charge in [0.15, 0.2) is 0 Å². The van der Waals surface area contributed by atoms with Crippen molar-refractivity contribution in [1.29, 1.82) is 0 Å². The maximum absolute atomic E-state index is 14.2. The summed E-state index contributed by atoms with van der Waals surface area (Å²) in [4.78, 5) is 19.9. The second-order valence-electron chi connectivity index (χ2n) is 9.18. The molecule has 6 nitrogen and oxygen atoms in total. The fourth-order valence-corrected chi connectivity index (χ4v) is 4.26. The van der Waals surface area contributed by atoms with Crippen LogP contribution in [-0.4, -0.2) is 60.3 Å². The molecule has 1 aliphatic carbocycles. The monoisotopic (exact) mass is 401 g/mol. The summed E-state index contributed by atoms with van der Waals surface area (Å²) in [5.74, 6) is -0.166. The van der Waals surface area contributed by atoms with Gasteiger partial charge in [-0.15, -0.1) is 0 Å². The van der Waals surface area contributed by atoms with Gasteiger partial charge in [-0.25, -0.2) is 14.0 Å². The fourth-order valence-electron chi connectivity index (χ4n) is 4.26. The van der Waals surface area contributed by atoms with Crippen LogP contribution in [0.15, 0.2) is 12.1 Å². The Labute approximate surface area is 171 Å². The summed E-state index contributed by atoms with van der Waals surface area (Å²) in [6.07, 6.45) is 1.55. The molecule has 3 aliphatic rings. The summed E-state index contributed by atoms with van der Waals surface area (Å²) >= 11 is 0.